The van der Waals surface area contributed by atoms with Crippen molar-refractivity contribution in [2.75, 3.05) is 0 Å². The van der Waals surface area contributed by atoms with Gasteiger partial charge in [-0.1, -0.05) is 26.0 Å². The monoisotopic (exact) mass is 177 g/mol. The van der Waals surface area contributed by atoms with Gasteiger partial charge in [0.2, 0.25) is 0 Å². The van der Waals surface area contributed by atoms with E-state index in [1.165, 1.54) is 5.56 Å². The van der Waals surface area contributed by atoms with E-state index in [2.05, 4.69) is 26.0 Å². The van der Waals surface area contributed by atoms with E-state index in [0.717, 1.165) is 11.5 Å². The summed E-state index contributed by atoms with van der Waals surface area (Å²) in [6, 6.07) is 4.10. The van der Waals surface area contributed by atoms with Gasteiger partial charge in [-0.2, -0.15) is 0 Å². The maximum atomic E-state index is 5.39. The predicted octanol–water partition coefficient (Wildman–Crippen LogP) is 3.85. The number of aryl methyl sites for hydroxylation is 2. The molecular formula is C12H17O+. The molecule has 1 nitrogen and oxygen atoms in total. The summed E-state index contributed by atoms with van der Waals surface area (Å²) >= 11 is 0. The van der Waals surface area contributed by atoms with E-state index in [-0.39, 0.29) is 0 Å². The zero-order valence-electron chi connectivity index (χ0n) is 8.79. The summed E-state index contributed by atoms with van der Waals surface area (Å²) in [6.45, 7) is 8.28. The molecule has 1 aromatic heterocycles. The SMILES string of the molecule is Cc1cc(/C=C/C(C)C)cc(C)[o+]1. The van der Waals surface area contributed by atoms with Crippen molar-refractivity contribution in [2.24, 2.45) is 5.92 Å². The smallest absolute Gasteiger partial charge is 0.218 e. The minimum Gasteiger partial charge on any atom is -0.218 e. The van der Waals surface area contributed by atoms with Gasteiger partial charge in [-0.05, 0) is 11.5 Å². The second-order valence-corrected chi connectivity index (χ2v) is 3.72. The Balaban J connectivity index is 2.89. The second kappa shape index (κ2) is 4.22. The van der Waals surface area contributed by atoms with Crippen LogP contribution >= 0.6 is 0 Å². The molecule has 70 valence electrons. The molecule has 0 atom stereocenters. The summed E-state index contributed by atoms with van der Waals surface area (Å²) in [5.41, 5.74) is 1.22. The van der Waals surface area contributed by atoms with Crippen LogP contribution in [0.15, 0.2) is 22.6 Å². The fourth-order valence-electron chi connectivity index (χ4n) is 1.22. The molecule has 0 unspecified atom stereocenters. The summed E-state index contributed by atoms with van der Waals surface area (Å²) in [5, 5.41) is 0. The standard InChI is InChI=1S/C12H17O/c1-9(2)5-6-12-7-10(3)13-11(4)8-12/h5-9H,1-4H3/q+1/b6-5+. The molecule has 0 bridgehead atoms. The van der Waals surface area contributed by atoms with Crippen LogP contribution in [0.4, 0.5) is 0 Å². The minimum atomic E-state index is 0.595. The summed E-state index contributed by atoms with van der Waals surface area (Å²) in [4.78, 5) is 0. The summed E-state index contributed by atoms with van der Waals surface area (Å²) in [7, 11) is 0. The molecule has 0 amide bonds. The van der Waals surface area contributed by atoms with Crippen LogP contribution in [0.1, 0.15) is 30.9 Å². The minimum absolute atomic E-state index is 0.595. The molecule has 1 aromatic rings. The van der Waals surface area contributed by atoms with Crippen molar-refractivity contribution in [2.45, 2.75) is 27.7 Å². The van der Waals surface area contributed by atoms with Crippen LogP contribution in [-0.4, -0.2) is 0 Å². The second-order valence-electron chi connectivity index (χ2n) is 3.72. The van der Waals surface area contributed by atoms with E-state index in [4.69, 9.17) is 4.42 Å². The van der Waals surface area contributed by atoms with Gasteiger partial charge in [-0.15, -0.1) is 0 Å². The average molecular weight is 177 g/mol. The van der Waals surface area contributed by atoms with Gasteiger partial charge in [-0.25, -0.2) is 4.42 Å². The Bertz CT molecular complexity index is 291. The van der Waals surface area contributed by atoms with Crippen LogP contribution in [0.5, 0.6) is 0 Å². The third-order valence-corrected chi connectivity index (χ3v) is 1.74. The van der Waals surface area contributed by atoms with E-state index >= 15 is 0 Å². The highest BCUT2D eigenvalue weighted by atomic mass is 16.3. The van der Waals surface area contributed by atoms with Gasteiger partial charge >= 0.3 is 11.5 Å². The first-order valence-corrected chi connectivity index (χ1v) is 4.67. The maximum Gasteiger partial charge on any atom is 0.327 e. The Morgan fingerprint density at radius 2 is 1.69 bits per heavy atom. The first-order chi connectivity index (χ1) is 6.08. The van der Waals surface area contributed by atoms with Gasteiger partial charge in [-0.3, -0.25) is 0 Å². The van der Waals surface area contributed by atoms with Crippen molar-refractivity contribution in [1.29, 1.82) is 0 Å². The van der Waals surface area contributed by atoms with Gasteiger partial charge in [0, 0.05) is 12.1 Å². The molecule has 1 heteroatoms. The molecule has 0 aliphatic rings. The fourth-order valence-corrected chi connectivity index (χ4v) is 1.22. The van der Waals surface area contributed by atoms with Crippen LogP contribution in [-0.2, 0) is 0 Å². The zero-order valence-corrected chi connectivity index (χ0v) is 8.79. The van der Waals surface area contributed by atoms with Crippen LogP contribution in [0, 0.1) is 19.8 Å². The predicted molar refractivity (Wildman–Crippen MR) is 56.5 cm³/mol. The van der Waals surface area contributed by atoms with Crippen LogP contribution in [0.25, 0.3) is 6.08 Å². The lowest BCUT2D eigenvalue weighted by molar-refractivity contribution is 0.485. The van der Waals surface area contributed by atoms with E-state index in [1.807, 2.05) is 26.0 Å². The molecule has 0 spiro atoms. The van der Waals surface area contributed by atoms with E-state index in [9.17, 15) is 0 Å². The lowest BCUT2D eigenvalue weighted by Crippen LogP contribution is -1.82. The lowest BCUT2D eigenvalue weighted by atomic mass is 10.1. The Morgan fingerprint density at radius 1 is 1.15 bits per heavy atom. The van der Waals surface area contributed by atoms with E-state index in [0.29, 0.717) is 5.92 Å². The first kappa shape index (κ1) is 9.97. The third kappa shape index (κ3) is 3.41. The Kier molecular flexibility index (Phi) is 3.24. The van der Waals surface area contributed by atoms with Gasteiger partial charge in [0.25, 0.3) is 0 Å². The molecule has 0 aliphatic carbocycles. The molecule has 0 aromatic carbocycles. The molecule has 0 fully saturated rings. The van der Waals surface area contributed by atoms with Crippen LogP contribution in [0.3, 0.4) is 0 Å². The molecule has 0 saturated carbocycles. The van der Waals surface area contributed by atoms with Crippen molar-refractivity contribution in [1.82, 2.24) is 0 Å². The molecule has 0 radical (unpaired) electrons. The van der Waals surface area contributed by atoms with Gasteiger partial charge in [0.05, 0.1) is 13.8 Å². The number of hydrogen-bond acceptors (Lipinski definition) is 0. The van der Waals surface area contributed by atoms with Crippen molar-refractivity contribution in [3.63, 3.8) is 0 Å². The highest BCUT2D eigenvalue weighted by molar-refractivity contribution is 5.49. The van der Waals surface area contributed by atoms with Crippen LogP contribution in [0.2, 0.25) is 0 Å². The molecule has 1 heterocycles. The molecule has 0 saturated heterocycles. The largest absolute Gasteiger partial charge is 0.327 e. The van der Waals surface area contributed by atoms with Gasteiger partial charge in [0.15, 0.2) is 0 Å². The van der Waals surface area contributed by atoms with Crippen molar-refractivity contribution in [3.8, 4) is 0 Å². The molecule has 0 N–H and O–H groups in total. The molecule has 1 rings (SSSR count). The van der Waals surface area contributed by atoms with E-state index < -0.39 is 0 Å². The zero-order chi connectivity index (χ0) is 9.84. The van der Waals surface area contributed by atoms with Crippen molar-refractivity contribution in [3.05, 3.63) is 35.3 Å². The van der Waals surface area contributed by atoms with Gasteiger partial charge in [0.1, 0.15) is 0 Å². The number of allylic oxidation sites excluding steroid dienone is 1. The highest BCUT2D eigenvalue weighted by Gasteiger charge is 2.05. The Morgan fingerprint density at radius 3 is 2.15 bits per heavy atom. The highest BCUT2D eigenvalue weighted by Crippen LogP contribution is 2.11. The molecule has 13 heavy (non-hydrogen) atoms. The molecular weight excluding hydrogens is 160 g/mol. The maximum absolute atomic E-state index is 5.39. The normalized spacial score (nSPS) is 11.5. The van der Waals surface area contributed by atoms with Crippen LogP contribution < -0.4 is 0 Å². The van der Waals surface area contributed by atoms with Gasteiger partial charge < -0.3 is 0 Å². The summed E-state index contributed by atoms with van der Waals surface area (Å²) in [6.07, 6.45) is 4.33. The summed E-state index contributed by atoms with van der Waals surface area (Å²) in [5.74, 6) is 2.52. The third-order valence-electron chi connectivity index (χ3n) is 1.74. The van der Waals surface area contributed by atoms with Crippen molar-refractivity contribution >= 4 is 6.08 Å². The number of rotatable bonds is 2. The average Bonchev–Trinajstić information content (AvgIpc) is 1.99. The van der Waals surface area contributed by atoms with Crippen molar-refractivity contribution < 1.29 is 4.42 Å². The first-order valence-electron chi connectivity index (χ1n) is 4.67. The fraction of sp³-hybridized carbons (Fsp3) is 0.417. The number of hydrogen-bond donors (Lipinski definition) is 0. The topological polar surface area (TPSA) is 11.3 Å². The molecule has 0 aliphatic heterocycles. The summed E-state index contributed by atoms with van der Waals surface area (Å²) < 4.78 is 5.39. The lowest BCUT2D eigenvalue weighted by Gasteiger charge is -1.93. The Labute approximate surface area is 80.1 Å². The quantitative estimate of drug-likeness (QED) is 0.624. The van der Waals surface area contributed by atoms with E-state index in [1.54, 1.807) is 0 Å². The Hall–Kier alpha value is -1.11.